The van der Waals surface area contributed by atoms with Crippen LogP contribution in [0, 0.1) is 25.2 Å². The fourth-order valence-electron chi connectivity index (χ4n) is 1.72. The minimum atomic E-state index is -3.59. The lowest BCUT2D eigenvalue weighted by Gasteiger charge is -2.29. The average Bonchev–Trinajstić information content (AvgIpc) is 2.32. The van der Waals surface area contributed by atoms with Gasteiger partial charge in [-0.15, -0.1) is 0 Å². The topological polar surface area (TPSA) is 72.2 Å². The van der Waals surface area contributed by atoms with Crippen LogP contribution in [0.3, 0.4) is 0 Å². The Bertz CT molecular complexity index is 590. The molecule has 0 heterocycles. The van der Waals surface area contributed by atoms with Gasteiger partial charge < -0.3 is 5.73 Å². The highest BCUT2D eigenvalue weighted by Gasteiger charge is 2.27. The number of hydrogen-bond acceptors (Lipinski definition) is 3. The molecule has 0 saturated heterocycles. The van der Waals surface area contributed by atoms with Gasteiger partial charge in [0.25, 0.3) is 0 Å². The fraction of sp³-hybridized carbons (Fsp3) is 0.600. The molecular weight excluding hydrogens is 272 g/mol. The number of rotatable bonds is 5. The molecule has 0 aliphatic carbocycles. The molecule has 0 atom stereocenters. The molecule has 0 aromatic heterocycles. The van der Waals surface area contributed by atoms with Crippen molar-refractivity contribution < 1.29 is 8.42 Å². The first-order valence-electron chi connectivity index (χ1n) is 6.84. The summed E-state index contributed by atoms with van der Waals surface area (Å²) in [5.74, 6) is 0.376. The van der Waals surface area contributed by atoms with Crippen LogP contribution in [-0.2, 0) is 10.0 Å². The lowest BCUT2D eigenvalue weighted by atomic mass is 9.81. The highest BCUT2D eigenvalue weighted by atomic mass is 32.2. The number of hydrogen-bond donors (Lipinski definition) is 2. The molecule has 0 amide bonds. The van der Waals surface area contributed by atoms with Crippen molar-refractivity contribution in [2.24, 2.45) is 11.3 Å². The summed E-state index contributed by atoms with van der Waals surface area (Å²) in [6.45, 7) is 12.2. The van der Waals surface area contributed by atoms with Crippen LogP contribution in [0.4, 0.5) is 5.69 Å². The van der Waals surface area contributed by atoms with E-state index in [1.54, 1.807) is 13.0 Å². The number of nitrogens with one attached hydrogen (secondary N) is 1. The maximum atomic E-state index is 12.5. The van der Waals surface area contributed by atoms with Gasteiger partial charge in [-0.3, -0.25) is 0 Å². The molecule has 0 unspecified atom stereocenters. The Morgan fingerprint density at radius 2 is 1.70 bits per heavy atom. The van der Waals surface area contributed by atoms with Crippen molar-refractivity contribution in [2.75, 3.05) is 12.3 Å². The molecule has 0 saturated carbocycles. The first-order valence-corrected chi connectivity index (χ1v) is 8.32. The van der Waals surface area contributed by atoms with E-state index in [2.05, 4.69) is 18.6 Å². The third-order valence-electron chi connectivity index (χ3n) is 4.16. The van der Waals surface area contributed by atoms with Crippen molar-refractivity contribution in [3.63, 3.8) is 0 Å². The van der Waals surface area contributed by atoms with Crippen molar-refractivity contribution in [1.29, 1.82) is 0 Å². The van der Waals surface area contributed by atoms with Crippen LogP contribution < -0.4 is 10.5 Å². The second kappa shape index (κ2) is 5.74. The van der Waals surface area contributed by atoms with Gasteiger partial charge in [-0.2, -0.15) is 0 Å². The van der Waals surface area contributed by atoms with Gasteiger partial charge in [0.05, 0.1) is 5.69 Å². The van der Waals surface area contributed by atoms with E-state index in [-0.39, 0.29) is 10.3 Å². The molecular formula is C15H26N2O2S. The molecule has 0 fully saturated rings. The van der Waals surface area contributed by atoms with Crippen LogP contribution in [0.25, 0.3) is 0 Å². The largest absolute Gasteiger partial charge is 0.397 e. The predicted octanol–water partition coefficient (Wildman–Crippen LogP) is 2.85. The van der Waals surface area contributed by atoms with Crippen LogP contribution in [-0.4, -0.2) is 15.0 Å². The lowest BCUT2D eigenvalue weighted by Crippen LogP contribution is -2.37. The molecule has 3 N–H and O–H groups in total. The third kappa shape index (κ3) is 3.52. The second-order valence-electron chi connectivity index (χ2n) is 6.41. The van der Waals surface area contributed by atoms with Gasteiger partial charge in [-0.1, -0.05) is 39.8 Å². The maximum Gasteiger partial charge on any atom is 0.242 e. The molecule has 0 aliphatic heterocycles. The van der Waals surface area contributed by atoms with E-state index in [0.29, 0.717) is 23.7 Å². The van der Waals surface area contributed by atoms with Gasteiger partial charge in [-0.25, -0.2) is 13.1 Å². The summed E-state index contributed by atoms with van der Waals surface area (Å²) in [5.41, 5.74) is 7.62. The van der Waals surface area contributed by atoms with E-state index in [1.165, 1.54) is 0 Å². The maximum absolute atomic E-state index is 12.5. The van der Waals surface area contributed by atoms with Crippen LogP contribution in [0.1, 0.15) is 38.8 Å². The molecule has 1 aromatic carbocycles. The number of anilines is 1. The van der Waals surface area contributed by atoms with E-state index in [9.17, 15) is 8.42 Å². The van der Waals surface area contributed by atoms with Gasteiger partial charge in [0.2, 0.25) is 10.0 Å². The second-order valence-corrected chi connectivity index (χ2v) is 8.11. The van der Waals surface area contributed by atoms with Crippen molar-refractivity contribution in [3.8, 4) is 0 Å². The Kier molecular flexibility index (Phi) is 4.87. The first kappa shape index (κ1) is 17.0. The molecule has 4 nitrogen and oxygen atoms in total. The normalized spacial score (nSPS) is 12.9. The third-order valence-corrected chi connectivity index (χ3v) is 5.76. The monoisotopic (exact) mass is 298 g/mol. The SMILES string of the molecule is Cc1ccc(C)c(S(=O)(=O)NCC(C)(C)C(C)C)c1N. The van der Waals surface area contributed by atoms with Crippen molar-refractivity contribution in [3.05, 3.63) is 23.3 Å². The van der Waals surface area contributed by atoms with Crippen LogP contribution in [0.2, 0.25) is 0 Å². The molecule has 0 radical (unpaired) electrons. The summed E-state index contributed by atoms with van der Waals surface area (Å²) >= 11 is 0. The summed E-state index contributed by atoms with van der Waals surface area (Å²) < 4.78 is 27.7. The Morgan fingerprint density at radius 3 is 2.20 bits per heavy atom. The van der Waals surface area contributed by atoms with E-state index in [0.717, 1.165) is 5.56 Å². The highest BCUT2D eigenvalue weighted by molar-refractivity contribution is 7.89. The van der Waals surface area contributed by atoms with Crippen molar-refractivity contribution in [1.82, 2.24) is 4.72 Å². The molecule has 20 heavy (non-hydrogen) atoms. The number of nitrogen functional groups attached to an aromatic ring is 1. The van der Waals surface area contributed by atoms with Gasteiger partial charge in [0.15, 0.2) is 0 Å². The van der Waals surface area contributed by atoms with Crippen LogP contribution >= 0.6 is 0 Å². The molecule has 1 aromatic rings. The van der Waals surface area contributed by atoms with Crippen molar-refractivity contribution >= 4 is 15.7 Å². The number of sulfonamides is 1. The molecule has 5 heteroatoms. The molecule has 0 spiro atoms. The van der Waals surface area contributed by atoms with Gasteiger partial charge >= 0.3 is 0 Å². The van der Waals surface area contributed by atoms with E-state index in [4.69, 9.17) is 5.73 Å². The molecule has 0 bridgehead atoms. The predicted molar refractivity (Wildman–Crippen MR) is 84.1 cm³/mol. The van der Waals surface area contributed by atoms with E-state index >= 15 is 0 Å². The van der Waals surface area contributed by atoms with Crippen LogP contribution in [0.15, 0.2) is 17.0 Å². The Balaban J connectivity index is 3.11. The quantitative estimate of drug-likeness (QED) is 0.821. The summed E-state index contributed by atoms with van der Waals surface area (Å²) in [6, 6.07) is 3.62. The highest BCUT2D eigenvalue weighted by Crippen LogP contribution is 2.28. The lowest BCUT2D eigenvalue weighted by molar-refractivity contribution is 0.252. The zero-order chi connectivity index (χ0) is 15.7. The minimum absolute atomic E-state index is 0.112. The summed E-state index contributed by atoms with van der Waals surface area (Å²) in [6.07, 6.45) is 0. The smallest absolute Gasteiger partial charge is 0.242 e. The van der Waals surface area contributed by atoms with Crippen molar-refractivity contribution in [2.45, 2.75) is 46.4 Å². The van der Waals surface area contributed by atoms with Gasteiger partial charge in [0.1, 0.15) is 4.90 Å². The Labute approximate surface area is 122 Å². The van der Waals surface area contributed by atoms with Gasteiger partial charge in [0, 0.05) is 6.54 Å². The van der Waals surface area contributed by atoms with Gasteiger partial charge in [-0.05, 0) is 36.3 Å². The zero-order valence-electron chi connectivity index (χ0n) is 13.2. The average molecular weight is 298 g/mol. The fourth-order valence-corrected chi connectivity index (χ4v) is 3.37. The summed E-state index contributed by atoms with van der Waals surface area (Å²) in [7, 11) is -3.59. The number of nitrogens with two attached hydrogens (primary N) is 1. The van der Waals surface area contributed by atoms with E-state index < -0.39 is 10.0 Å². The summed E-state index contributed by atoms with van der Waals surface area (Å²) in [4.78, 5) is 0.206. The number of benzene rings is 1. The molecule has 114 valence electrons. The minimum Gasteiger partial charge on any atom is -0.397 e. The molecule has 0 aliphatic rings. The Hall–Kier alpha value is -1.07. The first-order chi connectivity index (χ1) is 8.99. The number of aryl methyl sites for hydroxylation is 2. The molecule has 1 rings (SSSR count). The van der Waals surface area contributed by atoms with E-state index in [1.807, 2.05) is 26.8 Å². The standard InChI is InChI=1S/C15H26N2O2S/c1-10(2)15(5,6)9-17-20(18,19)14-12(4)8-7-11(3)13(14)16/h7-8,10,17H,9,16H2,1-6H3. The Morgan fingerprint density at radius 1 is 1.20 bits per heavy atom. The van der Waals surface area contributed by atoms with Crippen LogP contribution in [0.5, 0.6) is 0 Å². The zero-order valence-corrected chi connectivity index (χ0v) is 14.1. The summed E-state index contributed by atoms with van der Waals surface area (Å²) in [5, 5.41) is 0.